The highest BCUT2D eigenvalue weighted by molar-refractivity contribution is 6.27. The van der Waals surface area contributed by atoms with Crippen LogP contribution in [0.2, 0.25) is 0 Å². The number of rotatable bonds is 1. The fourth-order valence-corrected chi connectivity index (χ4v) is 1.48. The van der Waals surface area contributed by atoms with E-state index < -0.39 is 17.5 Å². The van der Waals surface area contributed by atoms with E-state index in [9.17, 15) is 9.90 Å². The van der Waals surface area contributed by atoms with Crippen molar-refractivity contribution in [1.82, 2.24) is 4.90 Å². The van der Waals surface area contributed by atoms with Crippen LogP contribution in [0.25, 0.3) is 0 Å². The molecule has 1 fully saturated rings. The summed E-state index contributed by atoms with van der Waals surface area (Å²) in [6, 6.07) is 0. The van der Waals surface area contributed by atoms with Crippen molar-refractivity contribution in [2.75, 3.05) is 13.1 Å². The normalized spacial score (nSPS) is 16.3. The van der Waals surface area contributed by atoms with E-state index in [1.807, 2.05) is 0 Å². The number of nitrogens with two attached hydrogens (primary N) is 1. The van der Waals surface area contributed by atoms with E-state index in [0.29, 0.717) is 25.9 Å². The summed E-state index contributed by atoms with van der Waals surface area (Å²) in [5, 5.41) is 24.0. The molecule has 5 N–H and O–H groups in total. The highest BCUT2D eigenvalue weighted by atomic mass is 16.4. The Balaban J connectivity index is 0.000000459. The molecule has 0 aromatic heterocycles. The van der Waals surface area contributed by atoms with Gasteiger partial charge in [0, 0.05) is 13.1 Å². The second-order valence-electron chi connectivity index (χ2n) is 4.86. The number of nitrogens with zero attached hydrogens (tertiary/aromatic N) is 1. The summed E-state index contributed by atoms with van der Waals surface area (Å²) in [5.74, 6) is -3.68. The van der Waals surface area contributed by atoms with Crippen molar-refractivity contribution >= 4 is 17.8 Å². The van der Waals surface area contributed by atoms with E-state index in [1.165, 1.54) is 0 Å². The van der Waals surface area contributed by atoms with E-state index in [0.717, 1.165) is 0 Å². The quantitative estimate of drug-likeness (QED) is 0.444. The molecule has 1 aliphatic heterocycles. The van der Waals surface area contributed by atoms with Crippen molar-refractivity contribution in [3.05, 3.63) is 0 Å². The number of carbonyl (C=O) groups excluding carboxylic acids is 1. The minimum absolute atomic E-state index is 0.0283. The average molecular weight is 276 g/mol. The van der Waals surface area contributed by atoms with E-state index in [2.05, 4.69) is 0 Å². The number of piperidine rings is 1. The van der Waals surface area contributed by atoms with Gasteiger partial charge in [-0.15, -0.1) is 0 Å². The van der Waals surface area contributed by atoms with Gasteiger partial charge < -0.3 is 26.0 Å². The Kier molecular flexibility index (Phi) is 6.43. The number of carbonyl (C=O) groups is 3. The maximum absolute atomic E-state index is 11.6. The Bertz CT molecular complexity index is 330. The minimum atomic E-state index is -1.82. The smallest absolute Gasteiger partial charge is 0.414 e. The van der Waals surface area contributed by atoms with Gasteiger partial charge in [-0.3, -0.25) is 4.79 Å². The van der Waals surface area contributed by atoms with Crippen molar-refractivity contribution < 1.29 is 29.7 Å². The van der Waals surface area contributed by atoms with Crippen LogP contribution < -0.4 is 5.73 Å². The zero-order chi connectivity index (χ0) is 15.2. The molecule has 0 unspecified atom stereocenters. The van der Waals surface area contributed by atoms with E-state index in [-0.39, 0.29) is 12.0 Å². The van der Waals surface area contributed by atoms with Crippen molar-refractivity contribution in [3.63, 3.8) is 0 Å². The third-order valence-electron chi connectivity index (χ3n) is 2.49. The Morgan fingerprint density at radius 3 is 1.74 bits per heavy atom. The summed E-state index contributed by atoms with van der Waals surface area (Å²) >= 11 is 0. The van der Waals surface area contributed by atoms with Gasteiger partial charge in [-0.05, 0) is 26.7 Å². The Morgan fingerprint density at radius 2 is 1.47 bits per heavy atom. The zero-order valence-corrected chi connectivity index (χ0v) is 11.0. The molecule has 1 rings (SSSR count). The van der Waals surface area contributed by atoms with Gasteiger partial charge in [0.25, 0.3) is 0 Å². The molecule has 0 radical (unpaired) electrons. The number of aliphatic carboxylic acids is 2. The first-order chi connectivity index (χ1) is 8.55. The monoisotopic (exact) mass is 276 g/mol. The molecular formula is C11H20N2O6. The molecule has 19 heavy (non-hydrogen) atoms. The van der Waals surface area contributed by atoms with Gasteiger partial charge in [-0.1, -0.05) is 0 Å². The van der Waals surface area contributed by atoms with Crippen LogP contribution in [-0.2, 0) is 14.4 Å². The second-order valence-corrected chi connectivity index (χ2v) is 4.86. The summed E-state index contributed by atoms with van der Waals surface area (Å²) in [7, 11) is 0. The molecule has 8 heteroatoms. The lowest BCUT2D eigenvalue weighted by molar-refractivity contribution is -0.159. The highest BCUT2D eigenvalue weighted by Crippen LogP contribution is 2.13. The van der Waals surface area contributed by atoms with Crippen LogP contribution in [0.3, 0.4) is 0 Å². The molecule has 0 aliphatic carbocycles. The van der Waals surface area contributed by atoms with Crippen LogP contribution in [0.4, 0.5) is 0 Å². The largest absolute Gasteiger partial charge is 0.473 e. The molecule has 0 atom stereocenters. The number of aliphatic hydroxyl groups excluding tert-OH is 1. The Hall–Kier alpha value is -1.67. The van der Waals surface area contributed by atoms with Gasteiger partial charge in [0.15, 0.2) is 0 Å². The van der Waals surface area contributed by atoms with Gasteiger partial charge in [0.1, 0.15) is 0 Å². The van der Waals surface area contributed by atoms with Crippen LogP contribution >= 0.6 is 0 Å². The molecule has 0 bridgehead atoms. The van der Waals surface area contributed by atoms with Crippen LogP contribution in [0.1, 0.15) is 26.7 Å². The first-order valence-corrected chi connectivity index (χ1v) is 5.78. The zero-order valence-electron chi connectivity index (χ0n) is 11.0. The maximum Gasteiger partial charge on any atom is 0.414 e. The van der Waals surface area contributed by atoms with Gasteiger partial charge in [0.2, 0.25) is 5.91 Å². The molecular weight excluding hydrogens is 256 g/mol. The number of carboxylic acid groups (broad SMARTS) is 2. The van der Waals surface area contributed by atoms with Crippen LogP contribution in [0, 0.1) is 0 Å². The third kappa shape index (κ3) is 6.73. The van der Waals surface area contributed by atoms with Gasteiger partial charge in [-0.2, -0.15) is 0 Å². The SMILES string of the molecule is CC(C)(N)C(=O)N1CCC(O)CC1.O=C(O)C(=O)O. The first-order valence-electron chi connectivity index (χ1n) is 5.78. The first kappa shape index (κ1) is 17.3. The number of amides is 1. The predicted octanol–water partition coefficient (Wildman–Crippen LogP) is -1.14. The topological polar surface area (TPSA) is 141 Å². The lowest BCUT2D eigenvalue weighted by Gasteiger charge is -2.33. The minimum Gasteiger partial charge on any atom is -0.473 e. The molecule has 0 aromatic carbocycles. The summed E-state index contributed by atoms with van der Waals surface area (Å²) in [6.45, 7) is 4.67. The number of aliphatic hydroxyl groups is 1. The van der Waals surface area contributed by atoms with Crippen LogP contribution in [0.15, 0.2) is 0 Å². The molecule has 1 aliphatic rings. The van der Waals surface area contributed by atoms with Crippen LogP contribution in [-0.4, -0.2) is 62.8 Å². The number of hydrogen-bond acceptors (Lipinski definition) is 5. The van der Waals surface area contributed by atoms with E-state index in [1.54, 1.807) is 18.7 Å². The fourth-order valence-electron chi connectivity index (χ4n) is 1.48. The molecule has 8 nitrogen and oxygen atoms in total. The highest BCUT2D eigenvalue weighted by Gasteiger charge is 2.30. The van der Waals surface area contributed by atoms with Gasteiger partial charge in [-0.25, -0.2) is 9.59 Å². The summed E-state index contributed by atoms with van der Waals surface area (Å²) in [6.07, 6.45) is 1.09. The van der Waals surface area contributed by atoms with Crippen molar-refractivity contribution in [3.8, 4) is 0 Å². The van der Waals surface area contributed by atoms with Gasteiger partial charge >= 0.3 is 11.9 Å². The lowest BCUT2D eigenvalue weighted by Crippen LogP contribution is -2.53. The number of carboxylic acids is 2. The van der Waals surface area contributed by atoms with Gasteiger partial charge in [0.05, 0.1) is 11.6 Å². The number of likely N-dealkylation sites (tertiary alicyclic amines) is 1. The third-order valence-corrected chi connectivity index (χ3v) is 2.49. The average Bonchev–Trinajstić information content (AvgIpc) is 2.28. The standard InChI is InChI=1S/C9H18N2O2.C2H2O4/c1-9(2,10)8(13)11-5-3-7(12)4-6-11;3-1(4)2(5)6/h7,12H,3-6,10H2,1-2H3;(H,3,4)(H,5,6). The van der Waals surface area contributed by atoms with Crippen molar-refractivity contribution in [2.24, 2.45) is 5.73 Å². The Labute approximate surface area is 110 Å². The molecule has 1 saturated heterocycles. The molecule has 0 spiro atoms. The predicted molar refractivity (Wildman–Crippen MR) is 65.4 cm³/mol. The molecule has 0 aromatic rings. The molecule has 1 amide bonds. The summed E-state index contributed by atoms with van der Waals surface area (Å²) < 4.78 is 0. The van der Waals surface area contributed by atoms with E-state index >= 15 is 0 Å². The molecule has 0 saturated carbocycles. The molecule has 110 valence electrons. The van der Waals surface area contributed by atoms with Crippen molar-refractivity contribution in [2.45, 2.75) is 38.3 Å². The molecule has 1 heterocycles. The Morgan fingerprint density at radius 1 is 1.11 bits per heavy atom. The van der Waals surface area contributed by atoms with Crippen molar-refractivity contribution in [1.29, 1.82) is 0 Å². The summed E-state index contributed by atoms with van der Waals surface area (Å²) in [4.78, 5) is 31.6. The van der Waals surface area contributed by atoms with E-state index in [4.69, 9.17) is 25.5 Å². The second kappa shape index (κ2) is 7.05. The van der Waals surface area contributed by atoms with Crippen LogP contribution in [0.5, 0.6) is 0 Å². The lowest BCUT2D eigenvalue weighted by atomic mass is 10.0. The maximum atomic E-state index is 11.6. The summed E-state index contributed by atoms with van der Waals surface area (Å²) in [5.41, 5.74) is 4.90. The fraction of sp³-hybridized carbons (Fsp3) is 0.727. The number of hydrogen-bond donors (Lipinski definition) is 4.